The van der Waals surface area contributed by atoms with E-state index in [1.807, 2.05) is 76.2 Å². The van der Waals surface area contributed by atoms with E-state index in [1.165, 1.54) is 4.90 Å². The van der Waals surface area contributed by atoms with Gasteiger partial charge < -0.3 is 10.2 Å². The van der Waals surface area contributed by atoms with Crippen LogP contribution in [-0.2, 0) is 32.6 Å². The van der Waals surface area contributed by atoms with Crippen molar-refractivity contribution in [1.29, 1.82) is 0 Å². The highest BCUT2D eigenvalue weighted by molar-refractivity contribution is 7.92. The van der Waals surface area contributed by atoms with Crippen LogP contribution in [0, 0.1) is 5.92 Å². The third kappa shape index (κ3) is 9.33. The van der Waals surface area contributed by atoms with E-state index in [4.69, 9.17) is 11.6 Å². The molecule has 7 nitrogen and oxygen atoms in total. The van der Waals surface area contributed by atoms with Crippen molar-refractivity contribution in [2.45, 2.75) is 52.6 Å². The smallest absolute Gasteiger partial charge is 0.244 e. The maximum absolute atomic E-state index is 14.2. The van der Waals surface area contributed by atoms with Crippen molar-refractivity contribution in [2.75, 3.05) is 23.7 Å². The monoisotopic (exact) mass is 597 g/mol. The van der Waals surface area contributed by atoms with Crippen LogP contribution >= 0.6 is 11.6 Å². The molecule has 1 N–H and O–H groups in total. The summed E-state index contributed by atoms with van der Waals surface area (Å²) < 4.78 is 27.3. The molecular weight excluding hydrogens is 558 g/mol. The van der Waals surface area contributed by atoms with Gasteiger partial charge in [0.05, 0.1) is 11.9 Å². The average Bonchev–Trinajstić information content (AvgIpc) is 2.92. The molecule has 220 valence electrons. The number of benzene rings is 3. The maximum atomic E-state index is 14.2. The molecule has 3 aromatic rings. The van der Waals surface area contributed by atoms with Crippen LogP contribution in [0.4, 0.5) is 5.69 Å². The lowest BCUT2D eigenvalue weighted by Gasteiger charge is -2.34. The summed E-state index contributed by atoms with van der Waals surface area (Å²) in [6.07, 6.45) is 1.36. The largest absolute Gasteiger partial charge is 0.354 e. The summed E-state index contributed by atoms with van der Waals surface area (Å²) in [6, 6.07) is 22.9. The lowest BCUT2D eigenvalue weighted by Crippen LogP contribution is -2.53. The lowest BCUT2D eigenvalue weighted by atomic mass is 10.0. The van der Waals surface area contributed by atoms with Crippen LogP contribution in [-0.4, -0.2) is 50.5 Å². The number of carbonyl (C=O) groups excluding carboxylic acids is 2. The molecule has 0 radical (unpaired) electrons. The Balaban J connectivity index is 2.09. The second-order valence-corrected chi connectivity index (χ2v) is 13.3. The molecule has 0 unspecified atom stereocenters. The van der Waals surface area contributed by atoms with Gasteiger partial charge in [0, 0.05) is 24.5 Å². The van der Waals surface area contributed by atoms with Crippen molar-refractivity contribution in [2.24, 2.45) is 5.92 Å². The molecule has 3 aromatic carbocycles. The Labute approximate surface area is 249 Å². The topological polar surface area (TPSA) is 86.8 Å². The van der Waals surface area contributed by atoms with Crippen LogP contribution in [0.25, 0.3) is 0 Å². The SMILES string of the molecule is CC(C)CNC(=O)[C@H](Cc1ccccc1)N(Cc1cccc(Cl)c1)C(=O)CN(c1ccccc1C(C)C)S(C)(=O)=O. The van der Waals surface area contributed by atoms with Crippen molar-refractivity contribution in [3.05, 3.63) is 101 Å². The number of nitrogens with zero attached hydrogens (tertiary/aromatic N) is 2. The second kappa shape index (κ2) is 14.5. The number of anilines is 1. The van der Waals surface area contributed by atoms with E-state index in [1.54, 1.807) is 30.3 Å². The molecule has 0 aliphatic rings. The molecule has 0 aromatic heterocycles. The first-order valence-corrected chi connectivity index (χ1v) is 16.0. The maximum Gasteiger partial charge on any atom is 0.244 e. The predicted molar refractivity (Wildman–Crippen MR) is 167 cm³/mol. The number of hydrogen-bond acceptors (Lipinski definition) is 4. The first-order valence-electron chi connectivity index (χ1n) is 13.8. The van der Waals surface area contributed by atoms with Crippen LogP contribution < -0.4 is 9.62 Å². The predicted octanol–water partition coefficient (Wildman–Crippen LogP) is 5.64. The van der Waals surface area contributed by atoms with Gasteiger partial charge in [-0.3, -0.25) is 13.9 Å². The second-order valence-electron chi connectivity index (χ2n) is 11.0. The fourth-order valence-corrected chi connectivity index (χ4v) is 5.69. The summed E-state index contributed by atoms with van der Waals surface area (Å²) >= 11 is 6.27. The minimum Gasteiger partial charge on any atom is -0.354 e. The van der Waals surface area contributed by atoms with Gasteiger partial charge in [0.25, 0.3) is 0 Å². The summed E-state index contributed by atoms with van der Waals surface area (Å²) in [5.41, 5.74) is 2.87. The molecule has 0 bridgehead atoms. The molecule has 0 spiro atoms. The molecule has 0 aliphatic carbocycles. The van der Waals surface area contributed by atoms with E-state index in [9.17, 15) is 18.0 Å². The summed E-state index contributed by atoms with van der Waals surface area (Å²) in [7, 11) is -3.84. The molecular formula is C32H40ClN3O4S. The van der Waals surface area contributed by atoms with E-state index in [2.05, 4.69) is 5.32 Å². The summed E-state index contributed by atoms with van der Waals surface area (Å²) in [5.74, 6) is -0.552. The first kappa shape index (κ1) is 32.2. The standard InChI is InChI=1S/C32H40ClN3O4S/c1-23(2)20-34-32(38)30(19-25-12-7-6-8-13-25)35(21-26-14-11-15-27(33)18-26)31(37)22-36(41(5,39)40)29-17-10-9-16-28(29)24(3)4/h6-18,23-24,30H,19-22H2,1-5H3,(H,34,38)/t30-/m0/s1. The van der Waals surface area contributed by atoms with Crippen molar-refractivity contribution >= 4 is 39.1 Å². The van der Waals surface area contributed by atoms with E-state index >= 15 is 0 Å². The minimum atomic E-state index is -3.84. The van der Waals surface area contributed by atoms with Crippen LogP contribution in [0.1, 0.15) is 50.3 Å². The Hall–Kier alpha value is -3.36. The van der Waals surface area contributed by atoms with Crippen molar-refractivity contribution in [3.8, 4) is 0 Å². The normalized spacial score (nSPS) is 12.3. The van der Waals surface area contributed by atoms with Crippen molar-refractivity contribution < 1.29 is 18.0 Å². The zero-order valence-corrected chi connectivity index (χ0v) is 26.0. The number of sulfonamides is 1. The molecule has 0 aliphatic heterocycles. The minimum absolute atomic E-state index is 0.0285. The van der Waals surface area contributed by atoms with Gasteiger partial charge in [-0.15, -0.1) is 0 Å². The molecule has 1 atom stereocenters. The highest BCUT2D eigenvalue weighted by atomic mass is 35.5. The van der Waals surface area contributed by atoms with Gasteiger partial charge in [-0.1, -0.05) is 100.0 Å². The number of hydrogen-bond donors (Lipinski definition) is 1. The zero-order valence-electron chi connectivity index (χ0n) is 24.4. The fraction of sp³-hybridized carbons (Fsp3) is 0.375. The Morgan fingerprint density at radius 2 is 1.51 bits per heavy atom. The van der Waals surface area contributed by atoms with Gasteiger partial charge in [0.1, 0.15) is 12.6 Å². The zero-order chi connectivity index (χ0) is 30.2. The molecule has 9 heteroatoms. The number of halogens is 1. The Morgan fingerprint density at radius 3 is 2.12 bits per heavy atom. The van der Waals surface area contributed by atoms with E-state index in [0.717, 1.165) is 27.3 Å². The average molecular weight is 598 g/mol. The van der Waals surface area contributed by atoms with Crippen molar-refractivity contribution in [1.82, 2.24) is 10.2 Å². The highest BCUT2D eigenvalue weighted by Gasteiger charge is 2.33. The third-order valence-electron chi connectivity index (χ3n) is 6.70. The number of carbonyl (C=O) groups is 2. The van der Waals surface area contributed by atoms with E-state index in [0.29, 0.717) is 17.3 Å². The Morgan fingerprint density at radius 1 is 0.878 bits per heavy atom. The number of para-hydroxylation sites is 1. The summed E-state index contributed by atoms with van der Waals surface area (Å²) in [6.45, 7) is 8.01. The Kier molecular flexibility index (Phi) is 11.4. The molecule has 2 amide bonds. The van der Waals surface area contributed by atoms with Crippen LogP contribution in [0.15, 0.2) is 78.9 Å². The molecule has 41 heavy (non-hydrogen) atoms. The van der Waals surface area contributed by atoms with E-state index in [-0.39, 0.29) is 30.7 Å². The number of rotatable bonds is 13. The lowest BCUT2D eigenvalue weighted by molar-refractivity contribution is -0.140. The van der Waals surface area contributed by atoms with Gasteiger partial charge in [-0.05, 0) is 46.7 Å². The molecule has 0 fully saturated rings. The van der Waals surface area contributed by atoms with Gasteiger partial charge in [-0.25, -0.2) is 8.42 Å². The number of nitrogens with one attached hydrogen (secondary N) is 1. The fourth-order valence-electron chi connectivity index (χ4n) is 4.61. The van der Waals surface area contributed by atoms with Gasteiger partial charge in [0.2, 0.25) is 21.8 Å². The van der Waals surface area contributed by atoms with Crippen LogP contribution in [0.5, 0.6) is 0 Å². The van der Waals surface area contributed by atoms with Crippen molar-refractivity contribution in [3.63, 3.8) is 0 Å². The molecule has 0 saturated heterocycles. The highest BCUT2D eigenvalue weighted by Crippen LogP contribution is 2.29. The van der Waals surface area contributed by atoms with E-state index < -0.39 is 28.5 Å². The number of amides is 2. The van der Waals surface area contributed by atoms with Gasteiger partial charge in [-0.2, -0.15) is 0 Å². The Bertz CT molecular complexity index is 1430. The third-order valence-corrected chi connectivity index (χ3v) is 8.07. The van der Waals surface area contributed by atoms with Crippen LogP contribution in [0.3, 0.4) is 0 Å². The van der Waals surface area contributed by atoms with Gasteiger partial charge in [0.15, 0.2) is 0 Å². The van der Waals surface area contributed by atoms with Crippen LogP contribution in [0.2, 0.25) is 5.02 Å². The van der Waals surface area contributed by atoms with Gasteiger partial charge >= 0.3 is 0 Å². The molecule has 3 rings (SSSR count). The summed E-state index contributed by atoms with van der Waals surface area (Å²) in [5, 5.41) is 3.49. The quantitative estimate of drug-likeness (QED) is 0.276. The molecule has 0 heterocycles. The molecule has 0 saturated carbocycles. The summed E-state index contributed by atoms with van der Waals surface area (Å²) in [4.78, 5) is 29.4. The first-order chi connectivity index (χ1) is 19.4.